The number of pyridine rings is 3. The molecule has 0 radical (unpaired) electrons. The average molecular weight is 421 g/mol. The minimum Gasteiger partial charge on any atom is -0.330 e. The van der Waals surface area contributed by atoms with Crippen molar-refractivity contribution in [1.82, 2.24) is 29.4 Å². The Hall–Kier alpha value is -3.90. The maximum Gasteiger partial charge on any atom is 0.123 e. The number of nitrogens with zero attached hydrogens (tertiary/aromatic N) is 6. The largest absolute Gasteiger partial charge is 0.330 e. The molecule has 6 heteroatoms. The first kappa shape index (κ1) is 20.0. The van der Waals surface area contributed by atoms with Gasteiger partial charge in [0.05, 0.1) is 40.7 Å². The molecule has 5 aromatic rings. The van der Waals surface area contributed by atoms with Gasteiger partial charge in [-0.05, 0) is 48.5 Å². The van der Waals surface area contributed by atoms with E-state index in [0.29, 0.717) is 13.1 Å². The van der Waals surface area contributed by atoms with Crippen LogP contribution >= 0.6 is 0 Å². The molecule has 0 N–H and O–H groups in total. The van der Waals surface area contributed by atoms with Gasteiger partial charge in [0.25, 0.3) is 0 Å². The highest BCUT2D eigenvalue weighted by atomic mass is 15.2. The van der Waals surface area contributed by atoms with E-state index < -0.39 is 0 Å². The van der Waals surface area contributed by atoms with Gasteiger partial charge in [-0.3, -0.25) is 19.9 Å². The van der Waals surface area contributed by atoms with Crippen molar-refractivity contribution in [3.63, 3.8) is 0 Å². The number of benzene rings is 1. The van der Waals surface area contributed by atoms with Gasteiger partial charge in [0, 0.05) is 32.2 Å². The van der Waals surface area contributed by atoms with Crippen molar-refractivity contribution < 1.29 is 0 Å². The fraction of sp³-hybridized carbons (Fsp3) is 0.154. The lowest BCUT2D eigenvalue weighted by Gasteiger charge is -2.30. The fourth-order valence-electron chi connectivity index (χ4n) is 4.06. The summed E-state index contributed by atoms with van der Waals surface area (Å²) in [6, 6.07) is 26.1. The van der Waals surface area contributed by atoms with Crippen LogP contribution in [0.4, 0.5) is 0 Å². The van der Waals surface area contributed by atoms with Crippen LogP contribution in [0.2, 0.25) is 0 Å². The van der Waals surface area contributed by atoms with Gasteiger partial charge in [0.15, 0.2) is 0 Å². The summed E-state index contributed by atoms with van der Waals surface area (Å²) in [6.45, 7) is 1.27. The molecular weight excluding hydrogens is 396 g/mol. The summed E-state index contributed by atoms with van der Waals surface area (Å²) in [4.78, 5) is 21.2. The van der Waals surface area contributed by atoms with E-state index in [4.69, 9.17) is 15.0 Å². The third-order valence-electron chi connectivity index (χ3n) is 5.62. The standard InChI is InChI=1S/C26H24N6/c1-31-24-14-3-2-11-21(24)30-25(31)19-32(18-20-10-4-7-15-27-20)26(22-12-5-8-16-28-22)23-13-6-9-17-29-23/h2-17,26H,18-19H2,1H3. The Labute approximate surface area is 187 Å². The van der Waals surface area contributed by atoms with E-state index in [1.165, 1.54) is 0 Å². The maximum absolute atomic E-state index is 4.92. The molecule has 0 saturated carbocycles. The third-order valence-corrected chi connectivity index (χ3v) is 5.62. The lowest BCUT2D eigenvalue weighted by molar-refractivity contribution is 0.191. The van der Waals surface area contributed by atoms with Crippen LogP contribution in [-0.2, 0) is 20.1 Å². The Balaban J connectivity index is 1.60. The Bertz CT molecular complexity index is 1250. The number of para-hydroxylation sites is 2. The summed E-state index contributed by atoms with van der Waals surface area (Å²) in [6.07, 6.45) is 5.50. The maximum atomic E-state index is 4.92. The second-order valence-corrected chi connectivity index (χ2v) is 7.71. The van der Waals surface area contributed by atoms with Gasteiger partial charge in [-0.2, -0.15) is 0 Å². The summed E-state index contributed by atoms with van der Waals surface area (Å²) in [7, 11) is 2.07. The van der Waals surface area contributed by atoms with E-state index in [0.717, 1.165) is 33.9 Å². The molecule has 0 spiro atoms. The Morgan fingerprint density at radius 3 is 1.94 bits per heavy atom. The lowest BCUT2D eigenvalue weighted by Crippen LogP contribution is -2.31. The zero-order valence-corrected chi connectivity index (χ0v) is 17.9. The minimum atomic E-state index is -0.140. The molecule has 0 unspecified atom stereocenters. The SMILES string of the molecule is Cn1c(CN(Cc2ccccn2)C(c2ccccn2)c2ccccn2)nc2ccccc21. The molecule has 0 aliphatic heterocycles. The van der Waals surface area contributed by atoms with Gasteiger partial charge < -0.3 is 4.57 Å². The van der Waals surface area contributed by atoms with E-state index in [9.17, 15) is 0 Å². The summed E-state index contributed by atoms with van der Waals surface area (Å²) in [5, 5.41) is 0. The van der Waals surface area contributed by atoms with E-state index >= 15 is 0 Å². The van der Waals surface area contributed by atoms with E-state index in [1.54, 1.807) is 0 Å². The average Bonchev–Trinajstić information content (AvgIpc) is 3.16. The van der Waals surface area contributed by atoms with Crippen LogP contribution < -0.4 is 0 Å². The summed E-state index contributed by atoms with van der Waals surface area (Å²) in [5.74, 6) is 0.985. The number of hydrogen-bond acceptors (Lipinski definition) is 5. The molecule has 6 nitrogen and oxygen atoms in total. The first-order chi connectivity index (χ1) is 15.8. The van der Waals surface area contributed by atoms with E-state index in [1.807, 2.05) is 67.1 Å². The zero-order valence-electron chi connectivity index (χ0n) is 17.9. The van der Waals surface area contributed by atoms with Gasteiger partial charge in [-0.25, -0.2) is 4.98 Å². The monoisotopic (exact) mass is 420 g/mol. The van der Waals surface area contributed by atoms with Crippen LogP contribution in [0.5, 0.6) is 0 Å². The second-order valence-electron chi connectivity index (χ2n) is 7.71. The first-order valence-electron chi connectivity index (χ1n) is 10.7. The predicted molar refractivity (Wildman–Crippen MR) is 125 cm³/mol. The predicted octanol–water partition coefficient (Wildman–Crippen LogP) is 4.55. The van der Waals surface area contributed by atoms with Gasteiger partial charge in [-0.1, -0.05) is 30.3 Å². The molecule has 158 valence electrons. The number of hydrogen-bond donors (Lipinski definition) is 0. The summed E-state index contributed by atoms with van der Waals surface area (Å²) < 4.78 is 2.16. The molecule has 4 heterocycles. The van der Waals surface area contributed by atoms with Crippen LogP contribution in [0, 0.1) is 0 Å². The number of aromatic nitrogens is 5. The molecule has 0 aliphatic carbocycles. The molecule has 4 aromatic heterocycles. The number of aryl methyl sites for hydroxylation is 1. The summed E-state index contributed by atoms with van der Waals surface area (Å²) >= 11 is 0. The molecule has 32 heavy (non-hydrogen) atoms. The van der Waals surface area contributed by atoms with Gasteiger partial charge in [0.1, 0.15) is 5.82 Å². The first-order valence-corrected chi connectivity index (χ1v) is 10.7. The molecule has 0 amide bonds. The van der Waals surface area contributed by atoms with Crippen molar-refractivity contribution in [3.8, 4) is 0 Å². The van der Waals surface area contributed by atoms with Crippen molar-refractivity contribution in [2.75, 3.05) is 0 Å². The number of fused-ring (bicyclic) bond motifs is 1. The summed E-state index contributed by atoms with van der Waals surface area (Å²) in [5.41, 5.74) is 4.99. The Morgan fingerprint density at radius 1 is 0.719 bits per heavy atom. The van der Waals surface area contributed by atoms with Crippen molar-refractivity contribution in [3.05, 3.63) is 120 Å². The fourth-order valence-corrected chi connectivity index (χ4v) is 4.06. The third kappa shape index (κ3) is 4.13. The highest BCUT2D eigenvalue weighted by molar-refractivity contribution is 5.75. The van der Waals surface area contributed by atoms with Crippen LogP contribution in [0.3, 0.4) is 0 Å². The normalized spacial score (nSPS) is 11.5. The molecule has 0 atom stereocenters. The second kappa shape index (κ2) is 9.08. The lowest BCUT2D eigenvalue weighted by atomic mass is 10.1. The zero-order chi connectivity index (χ0) is 21.8. The van der Waals surface area contributed by atoms with E-state index in [-0.39, 0.29) is 6.04 Å². The van der Waals surface area contributed by atoms with Crippen LogP contribution in [0.15, 0.2) is 97.5 Å². The van der Waals surface area contributed by atoms with Crippen molar-refractivity contribution >= 4 is 11.0 Å². The number of imidazole rings is 1. The quantitative estimate of drug-likeness (QED) is 0.387. The highest BCUT2D eigenvalue weighted by Gasteiger charge is 2.27. The van der Waals surface area contributed by atoms with Crippen LogP contribution in [0.1, 0.15) is 28.9 Å². The molecule has 1 aromatic carbocycles. The Morgan fingerprint density at radius 2 is 1.34 bits per heavy atom. The van der Waals surface area contributed by atoms with Gasteiger partial charge in [-0.15, -0.1) is 0 Å². The van der Waals surface area contributed by atoms with Crippen LogP contribution in [0.25, 0.3) is 11.0 Å². The van der Waals surface area contributed by atoms with Gasteiger partial charge >= 0.3 is 0 Å². The topological polar surface area (TPSA) is 59.7 Å². The smallest absolute Gasteiger partial charge is 0.123 e. The highest BCUT2D eigenvalue weighted by Crippen LogP contribution is 2.29. The minimum absolute atomic E-state index is 0.140. The molecular formula is C26H24N6. The molecule has 0 aliphatic rings. The van der Waals surface area contributed by atoms with Crippen LogP contribution in [-0.4, -0.2) is 29.4 Å². The van der Waals surface area contributed by atoms with Crippen molar-refractivity contribution in [2.45, 2.75) is 19.1 Å². The molecule has 0 fully saturated rings. The molecule has 0 saturated heterocycles. The number of rotatable bonds is 7. The van der Waals surface area contributed by atoms with Crippen molar-refractivity contribution in [1.29, 1.82) is 0 Å². The van der Waals surface area contributed by atoms with Crippen molar-refractivity contribution in [2.24, 2.45) is 7.05 Å². The van der Waals surface area contributed by atoms with Gasteiger partial charge in [0.2, 0.25) is 0 Å². The van der Waals surface area contributed by atoms with E-state index in [2.05, 4.69) is 51.8 Å². The molecule has 0 bridgehead atoms. The Kier molecular flexibility index (Phi) is 5.68. The molecule has 5 rings (SSSR count).